The van der Waals surface area contributed by atoms with Gasteiger partial charge in [0.15, 0.2) is 0 Å². The van der Waals surface area contributed by atoms with Gasteiger partial charge >= 0.3 is 0 Å². The van der Waals surface area contributed by atoms with Crippen LogP contribution < -0.4 is 0 Å². The Hall–Kier alpha value is -1.14. The van der Waals surface area contributed by atoms with E-state index < -0.39 is 0 Å². The summed E-state index contributed by atoms with van der Waals surface area (Å²) in [5.74, 6) is -0.0229. The number of carbonyl (C=O) groups excluding carboxylic acids is 2. The fraction of sp³-hybridized carbons (Fsp3) is 0.846. The second kappa shape index (κ2) is 6.34. The van der Waals surface area contributed by atoms with Crippen molar-refractivity contribution in [2.45, 2.75) is 25.4 Å². The van der Waals surface area contributed by atoms with Crippen LogP contribution in [0.3, 0.4) is 0 Å². The number of carbonyl (C=O) groups is 2. The molecule has 2 aliphatic heterocycles. The van der Waals surface area contributed by atoms with E-state index >= 15 is 0 Å². The van der Waals surface area contributed by atoms with E-state index in [1.165, 1.54) is 0 Å². The van der Waals surface area contributed by atoms with Crippen molar-refractivity contribution in [3.8, 4) is 0 Å². The third-order valence-electron chi connectivity index (χ3n) is 3.89. The molecule has 1 unspecified atom stereocenters. The lowest BCUT2D eigenvalue weighted by Gasteiger charge is -2.33. The van der Waals surface area contributed by atoms with Gasteiger partial charge in [-0.1, -0.05) is 0 Å². The van der Waals surface area contributed by atoms with Gasteiger partial charge in [0.1, 0.15) is 0 Å². The maximum Gasteiger partial charge on any atom is 0.227 e. The molecule has 0 spiro atoms. The largest absolute Gasteiger partial charge is 0.394 e. The van der Waals surface area contributed by atoms with E-state index in [0.717, 1.165) is 12.8 Å². The molecule has 0 aliphatic carbocycles. The number of amides is 2. The van der Waals surface area contributed by atoms with E-state index in [1.807, 2.05) is 4.90 Å². The summed E-state index contributed by atoms with van der Waals surface area (Å²) in [6.45, 7) is 2.31. The molecule has 2 amide bonds. The first-order valence-corrected chi connectivity index (χ1v) is 6.87. The highest BCUT2D eigenvalue weighted by atomic mass is 16.5. The first-order chi connectivity index (χ1) is 9.11. The molecule has 0 aromatic carbocycles. The van der Waals surface area contributed by atoms with Gasteiger partial charge in [-0.3, -0.25) is 9.59 Å². The summed E-state index contributed by atoms with van der Waals surface area (Å²) in [5, 5.41) is 8.70. The molecule has 1 atom stereocenters. The Kier molecular flexibility index (Phi) is 4.76. The summed E-state index contributed by atoms with van der Waals surface area (Å²) in [7, 11) is 1.74. The Morgan fingerprint density at radius 3 is 2.63 bits per heavy atom. The second-order valence-electron chi connectivity index (χ2n) is 5.29. The predicted molar refractivity (Wildman–Crippen MR) is 68.4 cm³/mol. The molecular formula is C13H22N2O4. The molecule has 2 aliphatic rings. The van der Waals surface area contributed by atoms with E-state index in [2.05, 4.69) is 0 Å². The Labute approximate surface area is 113 Å². The average Bonchev–Trinajstić information content (AvgIpc) is 2.76. The van der Waals surface area contributed by atoms with Crippen molar-refractivity contribution in [1.29, 1.82) is 0 Å². The zero-order valence-electron chi connectivity index (χ0n) is 11.4. The van der Waals surface area contributed by atoms with Gasteiger partial charge in [0.25, 0.3) is 0 Å². The zero-order chi connectivity index (χ0) is 13.8. The number of piperidine rings is 1. The van der Waals surface area contributed by atoms with E-state index in [0.29, 0.717) is 32.7 Å². The van der Waals surface area contributed by atoms with Crippen molar-refractivity contribution >= 4 is 11.8 Å². The van der Waals surface area contributed by atoms with Gasteiger partial charge in [-0.15, -0.1) is 0 Å². The maximum atomic E-state index is 12.3. The highest BCUT2D eigenvalue weighted by Crippen LogP contribution is 2.21. The topological polar surface area (TPSA) is 70.1 Å². The Morgan fingerprint density at radius 2 is 2.11 bits per heavy atom. The molecule has 0 saturated carbocycles. The highest BCUT2D eigenvalue weighted by molar-refractivity contribution is 5.89. The molecule has 6 nitrogen and oxygen atoms in total. The Morgan fingerprint density at radius 1 is 1.42 bits per heavy atom. The van der Waals surface area contributed by atoms with Crippen LogP contribution in [-0.2, 0) is 14.3 Å². The fourth-order valence-electron chi connectivity index (χ4n) is 2.75. The molecule has 0 aromatic rings. The lowest BCUT2D eigenvalue weighted by Crippen LogP contribution is -2.44. The predicted octanol–water partition coefficient (Wildman–Crippen LogP) is -0.535. The summed E-state index contributed by atoms with van der Waals surface area (Å²) in [4.78, 5) is 27.2. The molecule has 2 fully saturated rings. The van der Waals surface area contributed by atoms with Crippen molar-refractivity contribution in [2.24, 2.45) is 5.92 Å². The molecular weight excluding hydrogens is 248 g/mol. The molecule has 6 heteroatoms. The highest BCUT2D eigenvalue weighted by Gasteiger charge is 2.35. The molecule has 0 aromatic heterocycles. The molecule has 2 saturated heterocycles. The smallest absolute Gasteiger partial charge is 0.227 e. The number of nitrogens with zero attached hydrogens (tertiary/aromatic N) is 2. The minimum atomic E-state index is -0.174. The van der Waals surface area contributed by atoms with E-state index in [9.17, 15) is 9.59 Å². The van der Waals surface area contributed by atoms with E-state index in [4.69, 9.17) is 9.84 Å². The summed E-state index contributed by atoms with van der Waals surface area (Å²) < 4.78 is 5.47. The van der Waals surface area contributed by atoms with E-state index in [-0.39, 0.29) is 30.4 Å². The normalized spacial score (nSPS) is 25.2. The number of ether oxygens (including phenoxy) is 1. The van der Waals surface area contributed by atoms with Gasteiger partial charge in [-0.05, 0) is 12.8 Å². The first-order valence-electron chi connectivity index (χ1n) is 6.87. The molecule has 108 valence electrons. The van der Waals surface area contributed by atoms with Crippen molar-refractivity contribution in [3.05, 3.63) is 0 Å². The van der Waals surface area contributed by atoms with Gasteiger partial charge in [-0.25, -0.2) is 0 Å². The van der Waals surface area contributed by atoms with Gasteiger partial charge in [0, 0.05) is 33.1 Å². The molecule has 0 radical (unpaired) electrons. The van der Waals surface area contributed by atoms with Crippen LogP contribution in [0.5, 0.6) is 0 Å². The van der Waals surface area contributed by atoms with Crippen molar-refractivity contribution < 1.29 is 19.4 Å². The van der Waals surface area contributed by atoms with Gasteiger partial charge < -0.3 is 19.6 Å². The second-order valence-corrected chi connectivity index (χ2v) is 5.29. The maximum absolute atomic E-state index is 12.3. The summed E-state index contributed by atoms with van der Waals surface area (Å²) >= 11 is 0. The number of hydrogen-bond donors (Lipinski definition) is 1. The minimum absolute atomic E-state index is 0.0374. The van der Waals surface area contributed by atoms with Gasteiger partial charge in [0.2, 0.25) is 11.8 Å². The van der Waals surface area contributed by atoms with Crippen LogP contribution in [0.2, 0.25) is 0 Å². The van der Waals surface area contributed by atoms with Crippen molar-refractivity contribution in [1.82, 2.24) is 9.80 Å². The Balaban J connectivity index is 1.78. The number of rotatable bonds is 4. The zero-order valence-corrected chi connectivity index (χ0v) is 11.4. The molecule has 19 heavy (non-hydrogen) atoms. The van der Waals surface area contributed by atoms with E-state index in [1.54, 1.807) is 11.9 Å². The number of hydrogen-bond acceptors (Lipinski definition) is 4. The number of aliphatic hydroxyl groups is 1. The molecule has 2 heterocycles. The Bertz CT molecular complexity index is 340. The third-order valence-corrected chi connectivity index (χ3v) is 3.89. The molecule has 1 N–H and O–H groups in total. The third kappa shape index (κ3) is 3.45. The lowest BCUT2D eigenvalue weighted by atomic mass is 10.0. The molecule has 2 rings (SSSR count). The van der Waals surface area contributed by atoms with Crippen LogP contribution in [0.15, 0.2) is 0 Å². The minimum Gasteiger partial charge on any atom is -0.394 e. The average molecular weight is 270 g/mol. The van der Waals surface area contributed by atoms with Crippen LogP contribution in [0.4, 0.5) is 0 Å². The lowest BCUT2D eigenvalue weighted by molar-refractivity contribution is -0.138. The standard InChI is InChI=1S/C13H22N2O4/c1-14-9-10(8-12(14)17)13(18)15-4-2-11(3-5-15)19-7-6-16/h10-11,16H,2-9H2,1H3. The van der Waals surface area contributed by atoms with Crippen LogP contribution in [0.25, 0.3) is 0 Å². The van der Waals surface area contributed by atoms with Gasteiger partial charge in [-0.2, -0.15) is 0 Å². The van der Waals surface area contributed by atoms with Gasteiger partial charge in [0.05, 0.1) is 25.2 Å². The van der Waals surface area contributed by atoms with Crippen LogP contribution in [0.1, 0.15) is 19.3 Å². The number of likely N-dealkylation sites (tertiary alicyclic amines) is 2. The number of aliphatic hydroxyl groups excluding tert-OH is 1. The van der Waals surface area contributed by atoms with Crippen LogP contribution >= 0.6 is 0 Å². The monoisotopic (exact) mass is 270 g/mol. The van der Waals surface area contributed by atoms with Crippen molar-refractivity contribution in [3.63, 3.8) is 0 Å². The summed E-state index contributed by atoms with van der Waals surface area (Å²) in [6, 6.07) is 0. The van der Waals surface area contributed by atoms with Crippen molar-refractivity contribution in [2.75, 3.05) is 39.9 Å². The molecule has 0 bridgehead atoms. The fourth-order valence-corrected chi connectivity index (χ4v) is 2.75. The SMILES string of the molecule is CN1CC(C(=O)N2CCC(OCCO)CC2)CC1=O. The first kappa shape index (κ1) is 14.3. The summed E-state index contributed by atoms with van der Waals surface area (Å²) in [5.41, 5.74) is 0. The van der Waals surface area contributed by atoms with Crippen LogP contribution in [0, 0.1) is 5.92 Å². The quantitative estimate of drug-likeness (QED) is 0.745. The summed E-state index contributed by atoms with van der Waals surface area (Å²) in [6.07, 6.45) is 2.10. The van der Waals surface area contributed by atoms with Crippen LogP contribution in [-0.4, -0.2) is 72.7 Å².